The van der Waals surface area contributed by atoms with Crippen LogP contribution < -0.4 is 4.74 Å². The summed E-state index contributed by atoms with van der Waals surface area (Å²) in [6, 6.07) is 0.338. The zero-order valence-corrected chi connectivity index (χ0v) is 18.5. The van der Waals surface area contributed by atoms with Crippen LogP contribution in [0.4, 0.5) is 0 Å². The first kappa shape index (κ1) is 21.4. The molecule has 2 saturated heterocycles. The van der Waals surface area contributed by atoms with Gasteiger partial charge >= 0.3 is 0 Å². The third-order valence-electron chi connectivity index (χ3n) is 6.22. The van der Waals surface area contributed by atoms with Gasteiger partial charge in [-0.2, -0.15) is 0 Å². The maximum Gasteiger partial charge on any atom is 0.224 e. The number of nitrogens with zero attached hydrogens (tertiary/aromatic N) is 4. The maximum atomic E-state index is 6.29. The van der Waals surface area contributed by atoms with E-state index in [1.54, 1.807) is 7.11 Å². The Kier molecular flexibility index (Phi) is 7.12. The summed E-state index contributed by atoms with van der Waals surface area (Å²) < 4.78 is 17.1. The summed E-state index contributed by atoms with van der Waals surface area (Å²) in [5.41, 5.74) is 2.18. The van der Waals surface area contributed by atoms with Gasteiger partial charge in [0.2, 0.25) is 5.88 Å². The van der Waals surface area contributed by atoms with Crippen LogP contribution in [0.3, 0.4) is 0 Å². The van der Waals surface area contributed by atoms with Crippen molar-refractivity contribution >= 4 is 10.9 Å². The molecule has 0 bridgehead atoms. The number of methoxy groups -OCH3 is 1. The van der Waals surface area contributed by atoms with Gasteiger partial charge in [-0.1, -0.05) is 13.3 Å². The third-order valence-corrected chi connectivity index (χ3v) is 6.22. The lowest BCUT2D eigenvalue weighted by atomic mass is 9.95. The van der Waals surface area contributed by atoms with E-state index in [4.69, 9.17) is 24.2 Å². The summed E-state index contributed by atoms with van der Waals surface area (Å²) in [6.07, 6.45) is 10.2. The van der Waals surface area contributed by atoms with E-state index in [9.17, 15) is 0 Å². The minimum atomic E-state index is 0.138. The Morgan fingerprint density at radius 3 is 2.77 bits per heavy atom. The molecule has 2 aromatic rings. The van der Waals surface area contributed by atoms with E-state index < -0.39 is 0 Å². The van der Waals surface area contributed by atoms with Crippen LogP contribution in [0.1, 0.15) is 56.5 Å². The first-order valence-electron chi connectivity index (χ1n) is 11.2. The molecule has 1 unspecified atom stereocenters. The van der Waals surface area contributed by atoms with E-state index in [2.05, 4.69) is 23.9 Å². The van der Waals surface area contributed by atoms with E-state index in [0.717, 1.165) is 62.2 Å². The molecule has 4 heterocycles. The second-order valence-corrected chi connectivity index (χ2v) is 8.75. The fourth-order valence-corrected chi connectivity index (χ4v) is 4.56. The predicted octanol–water partition coefficient (Wildman–Crippen LogP) is 3.56. The lowest BCUT2D eigenvalue weighted by Gasteiger charge is -2.33. The lowest BCUT2D eigenvalue weighted by molar-refractivity contribution is 0.0244. The van der Waals surface area contributed by atoms with Crippen molar-refractivity contribution in [3.8, 4) is 5.88 Å². The van der Waals surface area contributed by atoms with E-state index in [1.807, 2.05) is 12.4 Å². The number of hydrogen-bond acceptors (Lipinski definition) is 7. The Morgan fingerprint density at radius 1 is 1.17 bits per heavy atom. The fourth-order valence-electron chi connectivity index (χ4n) is 4.56. The number of piperidine rings is 1. The highest BCUT2D eigenvalue weighted by Gasteiger charge is 2.26. The first-order valence-corrected chi connectivity index (χ1v) is 11.2. The van der Waals surface area contributed by atoms with Crippen LogP contribution in [0.2, 0.25) is 0 Å². The van der Waals surface area contributed by atoms with Crippen molar-refractivity contribution in [2.24, 2.45) is 5.92 Å². The van der Waals surface area contributed by atoms with Crippen LogP contribution in [0.5, 0.6) is 5.88 Å². The fraction of sp³-hybridized carbons (Fsp3) is 0.696. The number of likely N-dealkylation sites (tertiary alicyclic amines) is 1. The van der Waals surface area contributed by atoms with E-state index in [0.29, 0.717) is 24.4 Å². The molecule has 0 radical (unpaired) electrons. The van der Waals surface area contributed by atoms with Crippen LogP contribution in [-0.2, 0) is 15.9 Å². The van der Waals surface area contributed by atoms with Gasteiger partial charge in [-0.15, -0.1) is 0 Å². The first-order chi connectivity index (χ1) is 14.7. The van der Waals surface area contributed by atoms with Gasteiger partial charge < -0.3 is 14.2 Å². The molecular formula is C23H34N4O3. The van der Waals surface area contributed by atoms with Gasteiger partial charge in [0, 0.05) is 57.0 Å². The molecule has 2 aromatic heterocycles. The van der Waals surface area contributed by atoms with Crippen LogP contribution in [0.15, 0.2) is 12.4 Å². The van der Waals surface area contributed by atoms with Gasteiger partial charge in [0.25, 0.3) is 0 Å². The molecule has 2 atom stereocenters. The predicted molar refractivity (Wildman–Crippen MR) is 116 cm³/mol. The number of rotatable bonds is 7. The molecule has 0 saturated carbocycles. The van der Waals surface area contributed by atoms with Gasteiger partial charge in [0.15, 0.2) is 0 Å². The molecule has 0 aliphatic carbocycles. The van der Waals surface area contributed by atoms with Crippen LogP contribution in [-0.4, -0.2) is 66.5 Å². The Bertz CT molecular complexity index is 841. The second-order valence-electron chi connectivity index (χ2n) is 8.75. The molecule has 30 heavy (non-hydrogen) atoms. The standard InChI is InChI=1S/C23H34N4O3/c1-16(15-28-3)12-21-24-14-19-22(26-21)18(20-6-4-5-9-27(20)2)13-25-23(19)30-17-7-10-29-11-8-17/h13-14,16-17,20H,4-12,15H2,1-3H3/t16-,20?/m1/s1. The number of hydrogen-bond donors (Lipinski definition) is 0. The summed E-state index contributed by atoms with van der Waals surface area (Å²) >= 11 is 0. The molecule has 7 nitrogen and oxygen atoms in total. The van der Waals surface area contributed by atoms with Crippen LogP contribution >= 0.6 is 0 Å². The van der Waals surface area contributed by atoms with Gasteiger partial charge in [0.05, 0.1) is 24.1 Å². The summed E-state index contributed by atoms with van der Waals surface area (Å²) in [5.74, 6) is 1.87. The van der Waals surface area contributed by atoms with Crippen molar-refractivity contribution < 1.29 is 14.2 Å². The molecule has 0 spiro atoms. The zero-order valence-electron chi connectivity index (χ0n) is 18.5. The van der Waals surface area contributed by atoms with Crippen LogP contribution in [0, 0.1) is 5.92 Å². The zero-order chi connectivity index (χ0) is 20.9. The Labute approximate surface area is 179 Å². The molecule has 164 valence electrons. The number of aromatic nitrogens is 3. The van der Waals surface area contributed by atoms with Crippen molar-refractivity contribution in [3.63, 3.8) is 0 Å². The van der Waals surface area contributed by atoms with Crippen molar-refractivity contribution in [1.82, 2.24) is 19.9 Å². The average molecular weight is 415 g/mol. The highest BCUT2D eigenvalue weighted by Crippen LogP contribution is 2.36. The SMILES string of the molecule is COC[C@H](C)Cc1ncc2c(OC3CCOCC3)ncc(C3CCCCN3C)c2n1. The van der Waals surface area contributed by atoms with Crippen molar-refractivity contribution in [2.75, 3.05) is 40.5 Å². The average Bonchev–Trinajstić information content (AvgIpc) is 2.75. The smallest absolute Gasteiger partial charge is 0.224 e. The topological polar surface area (TPSA) is 69.6 Å². The third kappa shape index (κ3) is 4.90. The quantitative estimate of drug-likeness (QED) is 0.686. The summed E-state index contributed by atoms with van der Waals surface area (Å²) in [6.45, 7) is 5.46. The van der Waals surface area contributed by atoms with Gasteiger partial charge in [-0.3, -0.25) is 4.90 Å². The van der Waals surface area contributed by atoms with Gasteiger partial charge in [-0.25, -0.2) is 15.0 Å². The highest BCUT2D eigenvalue weighted by molar-refractivity contribution is 5.85. The number of ether oxygens (including phenoxy) is 3. The molecule has 0 N–H and O–H groups in total. The van der Waals surface area contributed by atoms with Crippen LogP contribution in [0.25, 0.3) is 10.9 Å². The van der Waals surface area contributed by atoms with E-state index >= 15 is 0 Å². The highest BCUT2D eigenvalue weighted by atomic mass is 16.5. The Morgan fingerprint density at radius 2 is 2.00 bits per heavy atom. The molecule has 2 fully saturated rings. The normalized spacial score (nSPS) is 22.3. The minimum Gasteiger partial charge on any atom is -0.474 e. The lowest BCUT2D eigenvalue weighted by Crippen LogP contribution is -2.30. The van der Waals surface area contributed by atoms with Crippen molar-refractivity contribution in [3.05, 3.63) is 23.8 Å². The molecule has 0 aromatic carbocycles. The van der Waals surface area contributed by atoms with Gasteiger partial charge in [0.1, 0.15) is 11.9 Å². The maximum absolute atomic E-state index is 6.29. The molecule has 4 rings (SSSR count). The number of pyridine rings is 1. The minimum absolute atomic E-state index is 0.138. The molecule has 2 aliphatic heterocycles. The Balaban J connectivity index is 1.70. The van der Waals surface area contributed by atoms with E-state index in [-0.39, 0.29) is 6.10 Å². The summed E-state index contributed by atoms with van der Waals surface area (Å²) in [5, 5.41) is 0.918. The van der Waals surface area contributed by atoms with Crippen molar-refractivity contribution in [2.45, 2.75) is 57.6 Å². The molecule has 0 amide bonds. The largest absolute Gasteiger partial charge is 0.474 e. The molecular weight excluding hydrogens is 380 g/mol. The van der Waals surface area contributed by atoms with E-state index in [1.165, 1.54) is 18.4 Å². The van der Waals surface area contributed by atoms with Gasteiger partial charge in [-0.05, 0) is 32.4 Å². The monoisotopic (exact) mass is 414 g/mol. The summed E-state index contributed by atoms with van der Waals surface area (Å²) in [4.78, 5) is 16.9. The molecule has 2 aliphatic rings. The number of fused-ring (bicyclic) bond motifs is 1. The van der Waals surface area contributed by atoms with Crippen molar-refractivity contribution in [1.29, 1.82) is 0 Å². The Hall–Kier alpha value is -1.83. The molecule has 7 heteroatoms. The second kappa shape index (κ2) is 9.98. The summed E-state index contributed by atoms with van der Waals surface area (Å²) in [7, 11) is 3.94.